The standard InChI is InChI=1S/C8H8BrF2N/c1-12(2)8-6(9)3-5(10)4-7(8)11/h3-4H,1-2H3. The molecule has 1 aromatic rings. The normalized spacial score (nSPS) is 10.1. The Hall–Kier alpha value is -0.640. The highest BCUT2D eigenvalue weighted by atomic mass is 79.9. The third-order valence-electron chi connectivity index (χ3n) is 1.43. The second kappa shape index (κ2) is 3.39. The van der Waals surface area contributed by atoms with Crippen molar-refractivity contribution in [2.75, 3.05) is 19.0 Å². The lowest BCUT2D eigenvalue weighted by Gasteiger charge is -2.15. The zero-order chi connectivity index (χ0) is 9.30. The summed E-state index contributed by atoms with van der Waals surface area (Å²) in [5.41, 5.74) is 0.358. The highest BCUT2D eigenvalue weighted by Gasteiger charge is 2.10. The first-order chi connectivity index (χ1) is 5.52. The number of anilines is 1. The van der Waals surface area contributed by atoms with E-state index < -0.39 is 11.6 Å². The summed E-state index contributed by atoms with van der Waals surface area (Å²) in [4.78, 5) is 1.58. The third-order valence-corrected chi connectivity index (χ3v) is 2.03. The summed E-state index contributed by atoms with van der Waals surface area (Å²) < 4.78 is 26.1. The van der Waals surface area contributed by atoms with Gasteiger partial charge in [0.05, 0.1) is 5.69 Å². The lowest BCUT2D eigenvalue weighted by atomic mass is 10.3. The molecule has 0 N–H and O–H groups in total. The highest BCUT2D eigenvalue weighted by Crippen LogP contribution is 2.28. The fourth-order valence-corrected chi connectivity index (χ4v) is 1.72. The zero-order valence-electron chi connectivity index (χ0n) is 6.74. The molecule has 1 aromatic carbocycles. The van der Waals surface area contributed by atoms with E-state index in [2.05, 4.69) is 15.9 Å². The minimum atomic E-state index is -0.579. The summed E-state index contributed by atoms with van der Waals surface area (Å²) in [6, 6.07) is 2.10. The van der Waals surface area contributed by atoms with Gasteiger partial charge < -0.3 is 4.90 Å². The molecule has 66 valence electrons. The smallest absolute Gasteiger partial charge is 0.150 e. The first-order valence-electron chi connectivity index (χ1n) is 3.34. The van der Waals surface area contributed by atoms with E-state index in [4.69, 9.17) is 0 Å². The van der Waals surface area contributed by atoms with Crippen LogP contribution in [0.1, 0.15) is 0 Å². The second-order valence-electron chi connectivity index (χ2n) is 2.61. The van der Waals surface area contributed by atoms with E-state index in [-0.39, 0.29) is 0 Å². The zero-order valence-corrected chi connectivity index (χ0v) is 8.32. The third kappa shape index (κ3) is 1.75. The number of rotatable bonds is 1. The Balaban J connectivity index is 3.28. The molecule has 1 rings (SSSR count). The monoisotopic (exact) mass is 235 g/mol. The Labute approximate surface area is 78.1 Å². The van der Waals surface area contributed by atoms with Crippen LogP contribution in [0.5, 0.6) is 0 Å². The van der Waals surface area contributed by atoms with Crippen molar-refractivity contribution in [3.63, 3.8) is 0 Å². The SMILES string of the molecule is CN(C)c1c(F)cc(F)cc1Br. The molecule has 0 heterocycles. The summed E-state index contributed by atoms with van der Waals surface area (Å²) in [7, 11) is 3.39. The molecule has 0 bridgehead atoms. The summed E-state index contributed by atoms with van der Waals surface area (Å²) in [6.45, 7) is 0. The highest BCUT2D eigenvalue weighted by molar-refractivity contribution is 9.10. The van der Waals surface area contributed by atoms with Crippen LogP contribution < -0.4 is 4.90 Å². The fraction of sp³-hybridized carbons (Fsp3) is 0.250. The van der Waals surface area contributed by atoms with Gasteiger partial charge in [0.1, 0.15) is 5.82 Å². The van der Waals surface area contributed by atoms with Crippen LogP contribution >= 0.6 is 15.9 Å². The molecule has 0 aliphatic heterocycles. The molecule has 0 saturated heterocycles. The molecular formula is C8H8BrF2N. The van der Waals surface area contributed by atoms with Gasteiger partial charge in [-0.1, -0.05) is 0 Å². The second-order valence-corrected chi connectivity index (χ2v) is 3.47. The van der Waals surface area contributed by atoms with Gasteiger partial charge >= 0.3 is 0 Å². The lowest BCUT2D eigenvalue weighted by molar-refractivity contribution is 0.581. The molecule has 0 aliphatic rings. The number of halogens is 3. The number of hydrogen-bond acceptors (Lipinski definition) is 1. The summed E-state index contributed by atoms with van der Waals surface area (Å²) in [6.07, 6.45) is 0. The van der Waals surface area contributed by atoms with E-state index in [9.17, 15) is 8.78 Å². The molecule has 4 heteroatoms. The fourth-order valence-electron chi connectivity index (χ4n) is 0.962. The van der Waals surface area contributed by atoms with Gasteiger partial charge in [-0.2, -0.15) is 0 Å². The molecular weight excluding hydrogens is 228 g/mol. The molecule has 0 amide bonds. The minimum absolute atomic E-state index is 0.358. The number of nitrogens with zero attached hydrogens (tertiary/aromatic N) is 1. The maximum atomic E-state index is 13.1. The van der Waals surface area contributed by atoms with Crippen molar-refractivity contribution >= 4 is 21.6 Å². The van der Waals surface area contributed by atoms with Gasteiger partial charge in [-0.15, -0.1) is 0 Å². The van der Waals surface area contributed by atoms with E-state index >= 15 is 0 Å². The van der Waals surface area contributed by atoms with E-state index in [0.717, 1.165) is 6.07 Å². The predicted molar refractivity (Wildman–Crippen MR) is 48.4 cm³/mol. The van der Waals surface area contributed by atoms with Gasteiger partial charge in [-0.25, -0.2) is 8.78 Å². The van der Waals surface area contributed by atoms with Crippen LogP contribution in [0.4, 0.5) is 14.5 Å². The van der Waals surface area contributed by atoms with Crippen molar-refractivity contribution in [1.82, 2.24) is 0 Å². The molecule has 1 nitrogen and oxygen atoms in total. The van der Waals surface area contributed by atoms with Gasteiger partial charge in [0, 0.05) is 24.6 Å². The Morgan fingerprint density at radius 2 is 1.83 bits per heavy atom. The van der Waals surface area contributed by atoms with Crippen molar-refractivity contribution in [2.45, 2.75) is 0 Å². The van der Waals surface area contributed by atoms with E-state index in [0.29, 0.717) is 10.2 Å². The van der Waals surface area contributed by atoms with Gasteiger partial charge in [-0.3, -0.25) is 0 Å². The Bertz CT molecular complexity index is 276. The van der Waals surface area contributed by atoms with Gasteiger partial charge in [-0.05, 0) is 22.0 Å². The predicted octanol–water partition coefficient (Wildman–Crippen LogP) is 2.79. The quantitative estimate of drug-likeness (QED) is 0.724. The Morgan fingerprint density at radius 1 is 1.25 bits per heavy atom. The molecule has 0 fully saturated rings. The van der Waals surface area contributed by atoms with Crippen molar-refractivity contribution in [3.05, 3.63) is 28.2 Å². The largest absolute Gasteiger partial charge is 0.374 e. The van der Waals surface area contributed by atoms with Crippen LogP contribution in [0, 0.1) is 11.6 Å². The summed E-state index contributed by atoms with van der Waals surface area (Å²) in [5, 5.41) is 0. The van der Waals surface area contributed by atoms with Gasteiger partial charge in [0.25, 0.3) is 0 Å². The van der Waals surface area contributed by atoms with Crippen molar-refractivity contribution in [2.24, 2.45) is 0 Å². The molecule has 0 spiro atoms. The van der Waals surface area contributed by atoms with Crippen molar-refractivity contribution in [1.29, 1.82) is 0 Å². The van der Waals surface area contributed by atoms with Crippen molar-refractivity contribution in [3.8, 4) is 0 Å². The molecule has 0 radical (unpaired) electrons. The molecule has 0 unspecified atom stereocenters. The van der Waals surface area contributed by atoms with Gasteiger partial charge in [0.2, 0.25) is 0 Å². The number of benzene rings is 1. The van der Waals surface area contributed by atoms with E-state index in [1.165, 1.54) is 6.07 Å². The maximum Gasteiger partial charge on any atom is 0.150 e. The average Bonchev–Trinajstić information content (AvgIpc) is 1.82. The molecule has 0 aliphatic carbocycles. The van der Waals surface area contributed by atoms with Crippen LogP contribution in [0.2, 0.25) is 0 Å². The van der Waals surface area contributed by atoms with Crippen LogP contribution in [0.3, 0.4) is 0 Å². The first kappa shape index (κ1) is 9.45. The summed E-state index contributed by atoms with van der Waals surface area (Å²) in [5.74, 6) is -1.14. The van der Waals surface area contributed by atoms with Crippen LogP contribution in [-0.2, 0) is 0 Å². The van der Waals surface area contributed by atoms with E-state index in [1.807, 2.05) is 0 Å². The molecule has 0 aromatic heterocycles. The minimum Gasteiger partial charge on any atom is -0.374 e. The molecule has 12 heavy (non-hydrogen) atoms. The van der Waals surface area contributed by atoms with Crippen LogP contribution in [0.15, 0.2) is 16.6 Å². The van der Waals surface area contributed by atoms with Crippen molar-refractivity contribution < 1.29 is 8.78 Å². The van der Waals surface area contributed by atoms with E-state index in [1.54, 1.807) is 19.0 Å². The van der Waals surface area contributed by atoms with Crippen LogP contribution in [-0.4, -0.2) is 14.1 Å². The topological polar surface area (TPSA) is 3.24 Å². The summed E-state index contributed by atoms with van der Waals surface area (Å²) >= 11 is 3.08. The maximum absolute atomic E-state index is 13.1. The Kier molecular flexibility index (Phi) is 2.67. The number of hydrogen-bond donors (Lipinski definition) is 0. The van der Waals surface area contributed by atoms with Gasteiger partial charge in [0.15, 0.2) is 5.82 Å². The lowest BCUT2D eigenvalue weighted by Crippen LogP contribution is -2.11. The molecule has 0 saturated carbocycles. The Morgan fingerprint density at radius 3 is 2.25 bits per heavy atom. The molecule has 0 atom stereocenters. The first-order valence-corrected chi connectivity index (χ1v) is 4.13. The average molecular weight is 236 g/mol. The van der Waals surface area contributed by atoms with Crippen LogP contribution in [0.25, 0.3) is 0 Å².